The van der Waals surface area contributed by atoms with E-state index in [-0.39, 0.29) is 42.0 Å². The maximum Gasteiger partial charge on any atom is 0.221 e. The summed E-state index contributed by atoms with van der Waals surface area (Å²) in [7, 11) is 0. The number of aryl methyl sites for hydroxylation is 1. The number of carbonyl (C=O) groups is 1. The molecule has 2 heterocycles. The number of benzene rings is 2. The molecule has 0 fully saturated rings. The van der Waals surface area contributed by atoms with Crippen LogP contribution in [-0.4, -0.2) is 20.9 Å². The Morgan fingerprint density at radius 1 is 1.19 bits per heavy atom. The summed E-state index contributed by atoms with van der Waals surface area (Å²) in [6.07, 6.45) is 1.77. The second-order valence-electron chi connectivity index (χ2n) is 7.67. The van der Waals surface area contributed by atoms with Gasteiger partial charge in [-0.05, 0) is 30.2 Å². The summed E-state index contributed by atoms with van der Waals surface area (Å²) in [4.78, 5) is 24.5. The SMILES string of the molecule is CC(C)[C@H](NC(=O)CCc1ncc(-c2ccc(F)cc2F)o1)c1nc2ccccc2[nH]1. The number of fused-ring (bicyclic) bond motifs is 1. The molecular formula is C23H22F2N4O2. The summed E-state index contributed by atoms with van der Waals surface area (Å²) < 4.78 is 32.5. The van der Waals surface area contributed by atoms with Gasteiger partial charge in [-0.2, -0.15) is 0 Å². The summed E-state index contributed by atoms with van der Waals surface area (Å²) in [5, 5.41) is 3.01. The third kappa shape index (κ3) is 4.63. The zero-order valence-corrected chi connectivity index (χ0v) is 17.2. The van der Waals surface area contributed by atoms with Gasteiger partial charge in [0.2, 0.25) is 5.91 Å². The molecule has 8 heteroatoms. The molecule has 6 nitrogen and oxygen atoms in total. The number of aromatic amines is 1. The van der Waals surface area contributed by atoms with Crippen molar-refractivity contribution in [3.63, 3.8) is 0 Å². The fourth-order valence-electron chi connectivity index (χ4n) is 3.38. The Morgan fingerprint density at radius 3 is 2.74 bits per heavy atom. The number of aromatic nitrogens is 3. The summed E-state index contributed by atoms with van der Waals surface area (Å²) in [5.41, 5.74) is 1.88. The fourth-order valence-corrected chi connectivity index (χ4v) is 3.38. The number of imidazole rings is 1. The van der Waals surface area contributed by atoms with Gasteiger partial charge >= 0.3 is 0 Å². The molecule has 0 aliphatic carbocycles. The molecule has 0 bridgehead atoms. The van der Waals surface area contributed by atoms with E-state index in [0.717, 1.165) is 23.2 Å². The van der Waals surface area contributed by atoms with Crippen LogP contribution in [0.5, 0.6) is 0 Å². The number of amides is 1. The number of nitrogens with zero attached hydrogens (tertiary/aromatic N) is 2. The first kappa shape index (κ1) is 20.7. The number of halogens is 2. The van der Waals surface area contributed by atoms with E-state index in [2.05, 4.69) is 20.3 Å². The standard InChI is InChI=1S/C23H22F2N4O2/c1-13(2)22(23-27-17-5-3-4-6-18(17)28-23)29-20(30)9-10-21-26-12-19(31-21)15-8-7-14(24)11-16(15)25/h3-8,11-13,22H,9-10H2,1-2H3,(H,27,28)(H,29,30)/t22-/m0/s1. The van der Waals surface area contributed by atoms with Crippen LogP contribution in [0.15, 0.2) is 53.1 Å². The van der Waals surface area contributed by atoms with Gasteiger partial charge in [0.05, 0.1) is 28.8 Å². The maximum absolute atomic E-state index is 13.9. The Balaban J connectivity index is 1.40. The number of oxazole rings is 1. The summed E-state index contributed by atoms with van der Waals surface area (Å²) in [6.45, 7) is 4.02. The van der Waals surface area contributed by atoms with Crippen LogP contribution in [0.1, 0.15) is 38.0 Å². The minimum atomic E-state index is -0.731. The molecule has 0 saturated carbocycles. The van der Waals surface area contributed by atoms with Gasteiger partial charge in [-0.15, -0.1) is 0 Å². The van der Waals surface area contributed by atoms with Crippen LogP contribution in [0.25, 0.3) is 22.4 Å². The first-order valence-electron chi connectivity index (χ1n) is 10.0. The van der Waals surface area contributed by atoms with Gasteiger partial charge < -0.3 is 14.7 Å². The Morgan fingerprint density at radius 2 is 2.00 bits per heavy atom. The lowest BCUT2D eigenvalue weighted by atomic mass is 10.0. The molecule has 0 aliphatic heterocycles. The zero-order valence-electron chi connectivity index (χ0n) is 17.2. The fraction of sp³-hybridized carbons (Fsp3) is 0.261. The topological polar surface area (TPSA) is 83.8 Å². The van der Waals surface area contributed by atoms with Crippen LogP contribution >= 0.6 is 0 Å². The van der Waals surface area contributed by atoms with Gasteiger partial charge in [0.25, 0.3) is 0 Å². The molecule has 4 rings (SSSR count). The van der Waals surface area contributed by atoms with E-state index >= 15 is 0 Å². The van der Waals surface area contributed by atoms with Gasteiger partial charge in [-0.1, -0.05) is 26.0 Å². The van der Waals surface area contributed by atoms with Gasteiger partial charge in [0.15, 0.2) is 11.7 Å². The van der Waals surface area contributed by atoms with E-state index in [1.54, 1.807) is 0 Å². The molecule has 4 aromatic rings. The highest BCUT2D eigenvalue weighted by Crippen LogP contribution is 2.25. The minimum absolute atomic E-state index is 0.120. The zero-order chi connectivity index (χ0) is 22.0. The number of hydrogen-bond acceptors (Lipinski definition) is 4. The van der Waals surface area contributed by atoms with Gasteiger partial charge in [-0.3, -0.25) is 4.79 Å². The highest BCUT2D eigenvalue weighted by molar-refractivity contribution is 5.77. The summed E-state index contributed by atoms with van der Waals surface area (Å²) in [5.74, 6) is -0.247. The molecule has 1 amide bonds. The Kier molecular flexibility index (Phi) is 5.79. The van der Waals surface area contributed by atoms with Crippen LogP contribution in [0, 0.1) is 17.6 Å². The molecule has 0 spiro atoms. The lowest BCUT2D eigenvalue weighted by Crippen LogP contribution is -2.32. The predicted molar refractivity (Wildman–Crippen MR) is 112 cm³/mol. The number of hydrogen-bond donors (Lipinski definition) is 2. The smallest absolute Gasteiger partial charge is 0.221 e. The molecule has 2 aromatic heterocycles. The van der Waals surface area contributed by atoms with Crippen molar-refractivity contribution < 1.29 is 18.0 Å². The van der Waals surface area contributed by atoms with E-state index in [1.165, 1.54) is 12.3 Å². The third-order valence-corrected chi connectivity index (χ3v) is 5.00. The molecule has 0 aliphatic rings. The van der Waals surface area contributed by atoms with Crippen molar-refractivity contribution in [2.45, 2.75) is 32.7 Å². The number of nitrogens with one attached hydrogen (secondary N) is 2. The minimum Gasteiger partial charge on any atom is -0.441 e. The van der Waals surface area contributed by atoms with E-state index in [0.29, 0.717) is 11.7 Å². The number of carbonyl (C=O) groups excluding carboxylic acids is 1. The summed E-state index contributed by atoms with van der Waals surface area (Å²) >= 11 is 0. The second kappa shape index (κ2) is 8.67. The normalized spacial score (nSPS) is 12.4. The maximum atomic E-state index is 13.9. The molecule has 31 heavy (non-hydrogen) atoms. The van der Waals surface area contributed by atoms with Gasteiger partial charge in [0, 0.05) is 18.9 Å². The second-order valence-corrected chi connectivity index (χ2v) is 7.67. The number of para-hydroxylation sites is 2. The molecule has 2 N–H and O–H groups in total. The monoisotopic (exact) mass is 424 g/mol. The van der Waals surface area contributed by atoms with Crippen LogP contribution < -0.4 is 5.32 Å². The average molecular weight is 424 g/mol. The van der Waals surface area contributed by atoms with Crippen molar-refractivity contribution in [1.82, 2.24) is 20.3 Å². The van der Waals surface area contributed by atoms with E-state index < -0.39 is 11.6 Å². The van der Waals surface area contributed by atoms with Crippen LogP contribution in [0.2, 0.25) is 0 Å². The number of rotatable bonds is 7. The molecule has 0 radical (unpaired) electrons. The molecule has 0 unspecified atom stereocenters. The third-order valence-electron chi connectivity index (χ3n) is 5.00. The van der Waals surface area contributed by atoms with Gasteiger partial charge in [0.1, 0.15) is 17.5 Å². The van der Waals surface area contributed by atoms with Crippen molar-refractivity contribution in [3.05, 3.63) is 72.0 Å². The lowest BCUT2D eigenvalue weighted by molar-refractivity contribution is -0.122. The Labute approximate surface area is 177 Å². The van der Waals surface area contributed by atoms with Crippen molar-refractivity contribution in [2.75, 3.05) is 0 Å². The number of H-pyrrole nitrogens is 1. The van der Waals surface area contributed by atoms with Gasteiger partial charge in [-0.25, -0.2) is 18.7 Å². The van der Waals surface area contributed by atoms with Crippen molar-refractivity contribution in [2.24, 2.45) is 5.92 Å². The van der Waals surface area contributed by atoms with Crippen molar-refractivity contribution >= 4 is 16.9 Å². The first-order chi connectivity index (χ1) is 14.9. The van der Waals surface area contributed by atoms with Crippen LogP contribution in [-0.2, 0) is 11.2 Å². The first-order valence-corrected chi connectivity index (χ1v) is 10.0. The van der Waals surface area contributed by atoms with E-state index in [4.69, 9.17) is 4.42 Å². The average Bonchev–Trinajstić information content (AvgIpc) is 3.37. The predicted octanol–water partition coefficient (Wildman–Crippen LogP) is 4.94. The molecular weight excluding hydrogens is 402 g/mol. The molecule has 2 aromatic carbocycles. The van der Waals surface area contributed by atoms with E-state index in [9.17, 15) is 13.6 Å². The van der Waals surface area contributed by atoms with Crippen LogP contribution in [0.3, 0.4) is 0 Å². The lowest BCUT2D eigenvalue weighted by Gasteiger charge is -2.20. The molecule has 0 saturated heterocycles. The quantitative estimate of drug-likeness (QED) is 0.440. The largest absolute Gasteiger partial charge is 0.441 e. The highest BCUT2D eigenvalue weighted by atomic mass is 19.1. The van der Waals surface area contributed by atoms with E-state index in [1.807, 2.05) is 38.1 Å². The van der Waals surface area contributed by atoms with Crippen molar-refractivity contribution in [1.29, 1.82) is 0 Å². The molecule has 160 valence electrons. The Hall–Kier alpha value is -3.55. The van der Waals surface area contributed by atoms with Crippen LogP contribution in [0.4, 0.5) is 8.78 Å². The Bertz CT molecular complexity index is 1180. The van der Waals surface area contributed by atoms with Crippen molar-refractivity contribution in [3.8, 4) is 11.3 Å². The summed E-state index contributed by atoms with van der Waals surface area (Å²) in [6, 6.07) is 10.7. The highest BCUT2D eigenvalue weighted by Gasteiger charge is 2.22. The molecule has 1 atom stereocenters.